The monoisotopic (exact) mass is 300 g/mol. The average Bonchev–Trinajstić information content (AvgIpc) is 2.23. The number of hydrogen-bond acceptors (Lipinski definition) is 3. The molecule has 0 unspecified atom stereocenters. The van der Waals surface area contributed by atoms with Gasteiger partial charge in [-0.1, -0.05) is 6.92 Å². The zero-order chi connectivity index (χ0) is 14.8. The number of rotatable bonds is 4. The van der Waals surface area contributed by atoms with Crippen LogP contribution in [0, 0.1) is 5.82 Å². The first-order valence-corrected chi connectivity index (χ1v) is 6.64. The second-order valence-corrected chi connectivity index (χ2v) is 5.63. The standard InChI is InChI=1S/C10H12F4N2O2S/c1-2-16(6-10(12,13)14)19(17,18)9-4-3-7(11)5-8(9)15/h3-5H,2,6,15H2,1H3. The summed E-state index contributed by atoms with van der Waals surface area (Å²) < 4.78 is 74.0. The van der Waals surface area contributed by atoms with E-state index < -0.39 is 39.1 Å². The summed E-state index contributed by atoms with van der Waals surface area (Å²) >= 11 is 0. The highest BCUT2D eigenvalue weighted by atomic mass is 32.2. The topological polar surface area (TPSA) is 63.4 Å². The van der Waals surface area contributed by atoms with Crippen LogP contribution in [0.5, 0.6) is 0 Å². The highest BCUT2D eigenvalue weighted by Gasteiger charge is 2.36. The highest BCUT2D eigenvalue weighted by Crippen LogP contribution is 2.26. The fourth-order valence-electron chi connectivity index (χ4n) is 1.46. The van der Waals surface area contributed by atoms with Crippen LogP contribution in [0.4, 0.5) is 23.2 Å². The van der Waals surface area contributed by atoms with Gasteiger partial charge in [0, 0.05) is 6.54 Å². The van der Waals surface area contributed by atoms with Gasteiger partial charge < -0.3 is 5.73 Å². The molecule has 0 aliphatic carbocycles. The lowest BCUT2D eigenvalue weighted by Gasteiger charge is -2.22. The van der Waals surface area contributed by atoms with E-state index in [1.165, 1.54) is 6.92 Å². The van der Waals surface area contributed by atoms with Gasteiger partial charge in [0.15, 0.2) is 0 Å². The number of anilines is 1. The maximum Gasteiger partial charge on any atom is 0.402 e. The first-order chi connectivity index (χ1) is 8.58. The normalized spacial score (nSPS) is 12.9. The third-order valence-corrected chi connectivity index (χ3v) is 4.29. The quantitative estimate of drug-likeness (QED) is 0.683. The van der Waals surface area contributed by atoms with E-state index in [1.807, 2.05) is 0 Å². The molecule has 0 aliphatic heterocycles. The molecule has 0 heterocycles. The van der Waals surface area contributed by atoms with Crippen LogP contribution in [0.2, 0.25) is 0 Å². The summed E-state index contributed by atoms with van der Waals surface area (Å²) in [5.74, 6) is -0.768. The van der Waals surface area contributed by atoms with Gasteiger partial charge in [-0.15, -0.1) is 0 Å². The summed E-state index contributed by atoms with van der Waals surface area (Å²) in [7, 11) is -4.41. The molecule has 108 valence electrons. The van der Waals surface area contributed by atoms with E-state index in [2.05, 4.69) is 0 Å². The lowest BCUT2D eigenvalue weighted by Crippen LogP contribution is -2.39. The van der Waals surface area contributed by atoms with E-state index in [9.17, 15) is 26.0 Å². The molecular formula is C10H12F4N2O2S. The van der Waals surface area contributed by atoms with Gasteiger partial charge >= 0.3 is 6.18 Å². The van der Waals surface area contributed by atoms with Crippen molar-refractivity contribution in [2.24, 2.45) is 0 Å². The summed E-state index contributed by atoms with van der Waals surface area (Å²) in [5, 5.41) is 0. The Balaban J connectivity index is 3.21. The molecular weight excluding hydrogens is 288 g/mol. The Hall–Kier alpha value is -1.35. The van der Waals surface area contributed by atoms with Crippen molar-refractivity contribution >= 4 is 15.7 Å². The number of nitrogens with zero attached hydrogens (tertiary/aromatic N) is 1. The fourth-order valence-corrected chi connectivity index (χ4v) is 2.99. The largest absolute Gasteiger partial charge is 0.402 e. The molecule has 0 aliphatic rings. The van der Waals surface area contributed by atoms with Crippen molar-refractivity contribution in [1.82, 2.24) is 4.31 Å². The molecule has 0 atom stereocenters. The molecule has 0 spiro atoms. The van der Waals surface area contributed by atoms with Gasteiger partial charge in [-0.3, -0.25) is 0 Å². The fraction of sp³-hybridized carbons (Fsp3) is 0.400. The summed E-state index contributed by atoms with van der Waals surface area (Å²) in [6.07, 6.45) is -4.67. The van der Waals surface area contributed by atoms with Crippen molar-refractivity contribution in [2.45, 2.75) is 18.0 Å². The number of sulfonamides is 1. The molecule has 0 saturated heterocycles. The van der Waals surface area contributed by atoms with Gasteiger partial charge in [-0.2, -0.15) is 17.5 Å². The van der Waals surface area contributed by atoms with Gasteiger partial charge in [0.05, 0.1) is 5.69 Å². The molecule has 0 amide bonds. The smallest absolute Gasteiger partial charge is 0.398 e. The lowest BCUT2D eigenvalue weighted by molar-refractivity contribution is -0.135. The maximum atomic E-state index is 12.8. The number of alkyl halides is 3. The van der Waals surface area contributed by atoms with Crippen LogP contribution >= 0.6 is 0 Å². The Morgan fingerprint density at radius 3 is 2.32 bits per heavy atom. The van der Waals surface area contributed by atoms with Crippen molar-refractivity contribution in [3.63, 3.8) is 0 Å². The molecule has 4 nitrogen and oxygen atoms in total. The molecule has 1 rings (SSSR count). The minimum Gasteiger partial charge on any atom is -0.398 e. The van der Waals surface area contributed by atoms with Gasteiger partial charge in [-0.05, 0) is 18.2 Å². The van der Waals surface area contributed by atoms with Gasteiger partial charge in [0.25, 0.3) is 0 Å². The Morgan fingerprint density at radius 2 is 1.89 bits per heavy atom. The van der Waals surface area contributed by atoms with Crippen LogP contribution < -0.4 is 5.73 Å². The SMILES string of the molecule is CCN(CC(F)(F)F)S(=O)(=O)c1ccc(F)cc1N. The van der Waals surface area contributed by atoms with Crippen molar-refractivity contribution in [3.05, 3.63) is 24.0 Å². The first kappa shape index (κ1) is 15.7. The third-order valence-electron chi connectivity index (χ3n) is 2.30. The zero-order valence-electron chi connectivity index (χ0n) is 9.91. The maximum absolute atomic E-state index is 12.8. The average molecular weight is 300 g/mol. The minimum absolute atomic E-state index is 0.233. The predicted octanol–water partition coefficient (Wildman–Crippen LogP) is 1.98. The van der Waals surface area contributed by atoms with Crippen LogP contribution in [-0.2, 0) is 10.0 Å². The Morgan fingerprint density at radius 1 is 1.32 bits per heavy atom. The van der Waals surface area contributed by atoms with Crippen LogP contribution in [0.25, 0.3) is 0 Å². The number of benzene rings is 1. The molecule has 2 N–H and O–H groups in total. The van der Waals surface area contributed by atoms with Crippen molar-refractivity contribution in [1.29, 1.82) is 0 Å². The minimum atomic E-state index is -4.67. The zero-order valence-corrected chi connectivity index (χ0v) is 10.7. The van der Waals surface area contributed by atoms with E-state index in [-0.39, 0.29) is 10.8 Å². The number of hydrogen-bond donors (Lipinski definition) is 1. The number of nitrogen functional groups attached to an aromatic ring is 1. The van der Waals surface area contributed by atoms with Crippen LogP contribution in [0.3, 0.4) is 0 Å². The Labute approximate surface area is 107 Å². The van der Waals surface area contributed by atoms with Crippen molar-refractivity contribution < 1.29 is 26.0 Å². The molecule has 1 aromatic carbocycles. The molecule has 1 aromatic rings. The molecule has 19 heavy (non-hydrogen) atoms. The van der Waals surface area contributed by atoms with Crippen LogP contribution in [-0.4, -0.2) is 32.0 Å². The molecule has 9 heteroatoms. The molecule has 0 fully saturated rings. The number of nitrogens with two attached hydrogens (primary N) is 1. The van der Waals surface area contributed by atoms with E-state index in [0.29, 0.717) is 0 Å². The molecule has 0 saturated carbocycles. The van der Waals surface area contributed by atoms with Crippen molar-refractivity contribution in [3.8, 4) is 0 Å². The Kier molecular flexibility index (Phi) is 4.41. The summed E-state index contributed by atoms with van der Waals surface area (Å²) in [5.41, 5.74) is 4.91. The highest BCUT2D eigenvalue weighted by molar-refractivity contribution is 7.89. The number of halogens is 4. The van der Waals surface area contributed by atoms with Crippen molar-refractivity contribution in [2.75, 3.05) is 18.8 Å². The molecule has 0 bridgehead atoms. The van der Waals surface area contributed by atoms with Crippen LogP contribution in [0.15, 0.2) is 23.1 Å². The summed E-state index contributed by atoms with van der Waals surface area (Å²) in [6.45, 7) is -0.732. The van der Waals surface area contributed by atoms with E-state index in [4.69, 9.17) is 5.73 Å². The second-order valence-electron chi connectivity index (χ2n) is 3.73. The second kappa shape index (κ2) is 5.33. The van der Waals surface area contributed by atoms with E-state index in [0.717, 1.165) is 18.2 Å². The first-order valence-electron chi connectivity index (χ1n) is 5.20. The van der Waals surface area contributed by atoms with Gasteiger partial charge in [-0.25, -0.2) is 12.8 Å². The van der Waals surface area contributed by atoms with Gasteiger partial charge in [0.2, 0.25) is 10.0 Å². The van der Waals surface area contributed by atoms with Gasteiger partial charge in [0.1, 0.15) is 17.3 Å². The predicted molar refractivity (Wildman–Crippen MR) is 61.3 cm³/mol. The lowest BCUT2D eigenvalue weighted by atomic mass is 10.3. The Bertz CT molecular complexity index is 557. The molecule has 0 aromatic heterocycles. The van der Waals surface area contributed by atoms with E-state index in [1.54, 1.807) is 0 Å². The summed E-state index contributed by atoms with van der Waals surface area (Å²) in [6, 6.07) is 2.41. The summed E-state index contributed by atoms with van der Waals surface area (Å²) in [4.78, 5) is -0.542. The third kappa shape index (κ3) is 3.80. The van der Waals surface area contributed by atoms with Crippen LogP contribution in [0.1, 0.15) is 6.92 Å². The van der Waals surface area contributed by atoms with E-state index >= 15 is 0 Å². The molecule has 0 radical (unpaired) electrons.